The zero-order valence-electron chi connectivity index (χ0n) is 13.0. The van der Waals surface area contributed by atoms with Gasteiger partial charge < -0.3 is 10.6 Å². The summed E-state index contributed by atoms with van der Waals surface area (Å²) in [6, 6.07) is 8.91. The molecule has 2 rings (SSSR count). The van der Waals surface area contributed by atoms with Crippen LogP contribution in [-0.4, -0.2) is 21.6 Å². The Morgan fingerprint density at radius 2 is 1.73 bits per heavy atom. The number of aryl methyl sites for hydroxylation is 1. The first kappa shape index (κ1) is 15.8. The van der Waals surface area contributed by atoms with Crippen molar-refractivity contribution in [1.29, 1.82) is 0 Å². The summed E-state index contributed by atoms with van der Waals surface area (Å²) in [5.74, 6) is -0.201. The molecule has 0 aliphatic carbocycles. The molecule has 1 heterocycles. The second-order valence-electron chi connectivity index (χ2n) is 5.30. The number of carbonyl (C=O) groups is 2. The molecule has 0 fully saturated rings. The molecule has 116 valence electrons. The van der Waals surface area contributed by atoms with Gasteiger partial charge in [-0.2, -0.15) is 5.10 Å². The Balaban J connectivity index is 1.90. The molecule has 1 aromatic carbocycles. The third-order valence-corrected chi connectivity index (χ3v) is 3.16. The van der Waals surface area contributed by atoms with Gasteiger partial charge in [0.1, 0.15) is 0 Å². The van der Waals surface area contributed by atoms with E-state index in [1.165, 1.54) is 6.92 Å². The van der Waals surface area contributed by atoms with E-state index in [4.69, 9.17) is 0 Å². The SMILES string of the molecule is CC(=O)Nc1ccc(NC(=O)C[C@H](C)n2ccc(C)n2)cc1. The highest BCUT2D eigenvalue weighted by Gasteiger charge is 2.11. The first-order chi connectivity index (χ1) is 10.4. The van der Waals surface area contributed by atoms with Crippen molar-refractivity contribution in [3.05, 3.63) is 42.2 Å². The number of rotatable bonds is 5. The number of anilines is 2. The lowest BCUT2D eigenvalue weighted by Crippen LogP contribution is -2.18. The number of hydrogen-bond donors (Lipinski definition) is 2. The zero-order chi connectivity index (χ0) is 16.1. The van der Waals surface area contributed by atoms with Crippen LogP contribution in [0.2, 0.25) is 0 Å². The van der Waals surface area contributed by atoms with Crippen LogP contribution in [0, 0.1) is 6.92 Å². The molecule has 2 N–H and O–H groups in total. The van der Waals surface area contributed by atoms with Gasteiger partial charge in [0.15, 0.2) is 0 Å². The quantitative estimate of drug-likeness (QED) is 0.891. The normalized spacial score (nSPS) is 11.8. The molecule has 0 unspecified atom stereocenters. The molecule has 1 atom stereocenters. The number of benzene rings is 1. The highest BCUT2D eigenvalue weighted by molar-refractivity contribution is 5.92. The van der Waals surface area contributed by atoms with Gasteiger partial charge in [-0.15, -0.1) is 0 Å². The molecule has 0 radical (unpaired) electrons. The summed E-state index contributed by atoms with van der Waals surface area (Å²) in [6.07, 6.45) is 2.21. The summed E-state index contributed by atoms with van der Waals surface area (Å²) in [5.41, 5.74) is 2.33. The topological polar surface area (TPSA) is 76.0 Å². The number of amides is 2. The average Bonchev–Trinajstić information content (AvgIpc) is 2.87. The lowest BCUT2D eigenvalue weighted by molar-refractivity contribution is -0.117. The molecule has 0 aliphatic heterocycles. The molecule has 1 aromatic heterocycles. The van der Waals surface area contributed by atoms with Crippen LogP contribution in [0.1, 0.15) is 32.0 Å². The van der Waals surface area contributed by atoms with Crippen LogP contribution in [0.3, 0.4) is 0 Å². The standard InChI is InChI=1S/C16H20N4O2/c1-11-8-9-20(19-11)12(2)10-16(22)18-15-6-4-14(5-7-15)17-13(3)21/h4-9,12H,10H2,1-3H3,(H,17,21)(H,18,22)/t12-/m0/s1. The maximum absolute atomic E-state index is 12.0. The summed E-state index contributed by atoms with van der Waals surface area (Å²) in [5, 5.41) is 9.82. The Morgan fingerprint density at radius 1 is 1.14 bits per heavy atom. The first-order valence-electron chi connectivity index (χ1n) is 7.13. The third kappa shape index (κ3) is 4.44. The molecular weight excluding hydrogens is 280 g/mol. The van der Waals surface area contributed by atoms with E-state index in [1.54, 1.807) is 28.9 Å². The lowest BCUT2D eigenvalue weighted by atomic mass is 10.2. The number of nitrogens with one attached hydrogen (secondary N) is 2. The fourth-order valence-corrected chi connectivity index (χ4v) is 2.09. The minimum absolute atomic E-state index is 0.00708. The number of aromatic nitrogens is 2. The van der Waals surface area contributed by atoms with E-state index < -0.39 is 0 Å². The second kappa shape index (κ2) is 6.89. The van der Waals surface area contributed by atoms with E-state index in [-0.39, 0.29) is 17.9 Å². The summed E-state index contributed by atoms with van der Waals surface area (Å²) in [4.78, 5) is 23.0. The fraction of sp³-hybridized carbons (Fsp3) is 0.312. The summed E-state index contributed by atoms with van der Waals surface area (Å²) in [7, 11) is 0. The molecule has 0 bridgehead atoms. The molecule has 6 nitrogen and oxygen atoms in total. The summed E-state index contributed by atoms with van der Waals surface area (Å²) < 4.78 is 1.79. The largest absolute Gasteiger partial charge is 0.326 e. The van der Waals surface area contributed by atoms with Gasteiger partial charge in [0.2, 0.25) is 11.8 Å². The third-order valence-electron chi connectivity index (χ3n) is 3.16. The molecule has 0 spiro atoms. The monoisotopic (exact) mass is 300 g/mol. The Bertz CT molecular complexity index is 661. The van der Waals surface area contributed by atoms with Gasteiger partial charge in [0, 0.05) is 30.9 Å². The Kier molecular flexibility index (Phi) is 4.93. The molecule has 0 saturated heterocycles. The minimum atomic E-state index is -0.125. The van der Waals surface area contributed by atoms with Gasteiger partial charge in [-0.05, 0) is 44.2 Å². The van der Waals surface area contributed by atoms with Crippen molar-refractivity contribution in [1.82, 2.24) is 9.78 Å². The van der Waals surface area contributed by atoms with Crippen LogP contribution in [-0.2, 0) is 9.59 Å². The number of nitrogens with zero attached hydrogens (tertiary/aromatic N) is 2. The van der Waals surface area contributed by atoms with Gasteiger partial charge in [-0.1, -0.05) is 0 Å². The first-order valence-corrected chi connectivity index (χ1v) is 7.13. The summed E-state index contributed by atoms with van der Waals surface area (Å²) >= 11 is 0. The predicted octanol–water partition coefficient (Wildman–Crippen LogP) is 2.74. The Morgan fingerprint density at radius 3 is 2.23 bits per heavy atom. The van der Waals surface area contributed by atoms with Crippen molar-refractivity contribution in [2.45, 2.75) is 33.2 Å². The van der Waals surface area contributed by atoms with E-state index in [1.807, 2.05) is 26.1 Å². The Labute approximate surface area is 129 Å². The van der Waals surface area contributed by atoms with E-state index in [0.717, 1.165) is 5.69 Å². The molecule has 0 aliphatic rings. The van der Waals surface area contributed by atoms with Crippen molar-refractivity contribution in [3.63, 3.8) is 0 Å². The molecule has 22 heavy (non-hydrogen) atoms. The number of carbonyl (C=O) groups excluding carboxylic acids is 2. The molecule has 6 heteroatoms. The molecular formula is C16H20N4O2. The van der Waals surface area contributed by atoms with Gasteiger partial charge in [-0.3, -0.25) is 14.3 Å². The van der Waals surface area contributed by atoms with Crippen molar-refractivity contribution >= 4 is 23.2 Å². The average molecular weight is 300 g/mol. The highest BCUT2D eigenvalue weighted by atomic mass is 16.2. The second-order valence-corrected chi connectivity index (χ2v) is 5.30. The van der Waals surface area contributed by atoms with Crippen LogP contribution in [0.25, 0.3) is 0 Å². The maximum atomic E-state index is 12.0. The van der Waals surface area contributed by atoms with Crippen LogP contribution < -0.4 is 10.6 Å². The van der Waals surface area contributed by atoms with Gasteiger partial charge in [0.05, 0.1) is 11.7 Å². The smallest absolute Gasteiger partial charge is 0.226 e. The van der Waals surface area contributed by atoms with E-state index in [2.05, 4.69) is 15.7 Å². The molecule has 0 saturated carbocycles. The zero-order valence-corrected chi connectivity index (χ0v) is 13.0. The lowest BCUT2D eigenvalue weighted by Gasteiger charge is -2.12. The van der Waals surface area contributed by atoms with Crippen LogP contribution >= 0.6 is 0 Å². The highest BCUT2D eigenvalue weighted by Crippen LogP contribution is 2.16. The predicted molar refractivity (Wildman–Crippen MR) is 85.7 cm³/mol. The van der Waals surface area contributed by atoms with Gasteiger partial charge in [-0.25, -0.2) is 0 Å². The van der Waals surface area contributed by atoms with Crippen LogP contribution in [0.15, 0.2) is 36.5 Å². The van der Waals surface area contributed by atoms with Crippen molar-refractivity contribution < 1.29 is 9.59 Å². The maximum Gasteiger partial charge on any atom is 0.226 e. The van der Waals surface area contributed by atoms with Gasteiger partial charge >= 0.3 is 0 Å². The van der Waals surface area contributed by atoms with E-state index in [9.17, 15) is 9.59 Å². The summed E-state index contributed by atoms with van der Waals surface area (Å²) in [6.45, 7) is 5.32. The van der Waals surface area contributed by atoms with Crippen molar-refractivity contribution in [3.8, 4) is 0 Å². The number of hydrogen-bond acceptors (Lipinski definition) is 3. The minimum Gasteiger partial charge on any atom is -0.326 e. The van der Waals surface area contributed by atoms with Crippen molar-refractivity contribution in [2.75, 3.05) is 10.6 Å². The van der Waals surface area contributed by atoms with Crippen molar-refractivity contribution in [2.24, 2.45) is 0 Å². The Hall–Kier alpha value is -2.63. The van der Waals surface area contributed by atoms with E-state index in [0.29, 0.717) is 17.8 Å². The van der Waals surface area contributed by atoms with Gasteiger partial charge in [0.25, 0.3) is 0 Å². The fourth-order valence-electron chi connectivity index (χ4n) is 2.09. The van der Waals surface area contributed by atoms with Crippen LogP contribution in [0.4, 0.5) is 11.4 Å². The molecule has 2 amide bonds. The molecule has 2 aromatic rings. The van der Waals surface area contributed by atoms with E-state index >= 15 is 0 Å². The van der Waals surface area contributed by atoms with Crippen LogP contribution in [0.5, 0.6) is 0 Å².